The van der Waals surface area contributed by atoms with Crippen LogP contribution in [0.5, 0.6) is 0 Å². The van der Waals surface area contributed by atoms with Gasteiger partial charge in [-0.1, -0.05) is 24.6 Å². The molecule has 0 saturated heterocycles. The summed E-state index contributed by atoms with van der Waals surface area (Å²) in [5.74, 6) is 0. The molecule has 0 spiro atoms. The van der Waals surface area contributed by atoms with Gasteiger partial charge in [0.2, 0.25) is 0 Å². The molecule has 2 N–H and O–H groups in total. The Morgan fingerprint density at radius 2 is 1.89 bits per heavy atom. The lowest BCUT2D eigenvalue weighted by atomic mass is 10.1. The number of nitrogen functional groups attached to an aromatic ring is 1. The van der Waals surface area contributed by atoms with Crippen molar-refractivity contribution in [2.45, 2.75) is 40.7 Å². The molecule has 0 atom stereocenters. The summed E-state index contributed by atoms with van der Waals surface area (Å²) in [5.41, 5.74) is 10.1. The maximum atomic E-state index is 12.3. The van der Waals surface area contributed by atoms with E-state index in [0.29, 0.717) is 5.69 Å². The Kier molecular flexibility index (Phi) is 3.51. The molecule has 0 aliphatic heterocycles. The number of hydrogen-bond acceptors (Lipinski definition) is 2. The molecule has 1 aromatic carbocycles. The van der Waals surface area contributed by atoms with Crippen LogP contribution in [0.15, 0.2) is 23.0 Å². The molecule has 0 unspecified atom stereocenters. The highest BCUT2D eigenvalue weighted by atomic mass is 16.1. The fourth-order valence-corrected chi connectivity index (χ4v) is 2.43. The van der Waals surface area contributed by atoms with Crippen molar-refractivity contribution in [1.82, 2.24) is 9.36 Å². The molecule has 0 aliphatic rings. The maximum Gasteiger partial charge on any atom is 0.294 e. The summed E-state index contributed by atoms with van der Waals surface area (Å²) in [7, 11) is 0. The van der Waals surface area contributed by atoms with Crippen LogP contribution in [-0.2, 0) is 6.54 Å². The fraction of sp³-hybridized carbons (Fsp3) is 0.400. The van der Waals surface area contributed by atoms with Crippen molar-refractivity contribution in [2.75, 3.05) is 5.73 Å². The van der Waals surface area contributed by atoms with Gasteiger partial charge in [0, 0.05) is 6.54 Å². The molecule has 102 valence electrons. The van der Waals surface area contributed by atoms with Crippen LogP contribution in [0.4, 0.5) is 5.69 Å². The Hall–Kier alpha value is -1.97. The standard InChI is InChI=1S/C15H21N3O/c1-5-8-17-12(4)14(16)15(19)18(17)13-7-6-10(2)9-11(13)3/h6-7,9H,5,8,16H2,1-4H3. The first-order valence-electron chi connectivity index (χ1n) is 6.62. The normalized spacial score (nSPS) is 10.9. The van der Waals surface area contributed by atoms with Gasteiger partial charge in [-0.05, 0) is 38.8 Å². The highest BCUT2D eigenvalue weighted by Crippen LogP contribution is 2.18. The van der Waals surface area contributed by atoms with E-state index in [-0.39, 0.29) is 5.56 Å². The number of anilines is 1. The van der Waals surface area contributed by atoms with Crippen LogP contribution >= 0.6 is 0 Å². The molecule has 0 saturated carbocycles. The lowest BCUT2D eigenvalue weighted by Crippen LogP contribution is -2.23. The summed E-state index contributed by atoms with van der Waals surface area (Å²) in [5, 5.41) is 0. The number of aryl methyl sites for hydroxylation is 2. The van der Waals surface area contributed by atoms with E-state index < -0.39 is 0 Å². The van der Waals surface area contributed by atoms with Crippen molar-refractivity contribution in [3.63, 3.8) is 0 Å². The number of hydrogen-bond donors (Lipinski definition) is 1. The van der Waals surface area contributed by atoms with Crippen LogP contribution in [0.25, 0.3) is 5.69 Å². The second-order valence-corrected chi connectivity index (χ2v) is 5.03. The van der Waals surface area contributed by atoms with E-state index in [9.17, 15) is 4.79 Å². The van der Waals surface area contributed by atoms with Crippen molar-refractivity contribution < 1.29 is 0 Å². The first-order chi connectivity index (χ1) is 8.97. The van der Waals surface area contributed by atoms with Crippen LogP contribution in [-0.4, -0.2) is 9.36 Å². The topological polar surface area (TPSA) is 52.9 Å². The second kappa shape index (κ2) is 4.96. The molecule has 0 amide bonds. The van der Waals surface area contributed by atoms with Crippen molar-refractivity contribution >= 4 is 5.69 Å². The molecule has 0 aliphatic carbocycles. The maximum absolute atomic E-state index is 12.3. The summed E-state index contributed by atoms with van der Waals surface area (Å²) in [6.07, 6.45) is 0.958. The van der Waals surface area contributed by atoms with Gasteiger partial charge in [-0.15, -0.1) is 0 Å². The number of benzene rings is 1. The lowest BCUT2D eigenvalue weighted by Gasteiger charge is -2.14. The molecule has 1 aromatic heterocycles. The summed E-state index contributed by atoms with van der Waals surface area (Å²) < 4.78 is 3.66. The zero-order valence-corrected chi connectivity index (χ0v) is 12.0. The van der Waals surface area contributed by atoms with E-state index in [2.05, 4.69) is 13.0 Å². The number of nitrogens with two attached hydrogens (primary N) is 1. The van der Waals surface area contributed by atoms with Gasteiger partial charge < -0.3 is 5.73 Å². The SMILES string of the molecule is CCCn1c(C)c(N)c(=O)n1-c1ccc(C)cc1C. The highest BCUT2D eigenvalue weighted by Gasteiger charge is 2.16. The Bertz CT molecular complexity index is 665. The molecule has 2 rings (SSSR count). The molecular weight excluding hydrogens is 238 g/mol. The van der Waals surface area contributed by atoms with Crippen LogP contribution in [0, 0.1) is 20.8 Å². The van der Waals surface area contributed by atoms with Gasteiger partial charge in [-0.25, -0.2) is 4.68 Å². The van der Waals surface area contributed by atoms with Crippen molar-refractivity contribution in [3.05, 3.63) is 45.4 Å². The predicted molar refractivity (Wildman–Crippen MR) is 78.9 cm³/mol. The van der Waals surface area contributed by atoms with Crippen molar-refractivity contribution in [2.24, 2.45) is 0 Å². The van der Waals surface area contributed by atoms with Crippen molar-refractivity contribution in [3.8, 4) is 5.69 Å². The quantitative estimate of drug-likeness (QED) is 0.921. The molecule has 0 radical (unpaired) electrons. The molecule has 1 heterocycles. The Labute approximate surface area is 113 Å². The summed E-state index contributed by atoms with van der Waals surface area (Å²) >= 11 is 0. The van der Waals surface area contributed by atoms with Crippen LogP contribution in [0.3, 0.4) is 0 Å². The minimum atomic E-state index is -0.127. The average molecular weight is 259 g/mol. The Balaban J connectivity index is 2.74. The monoisotopic (exact) mass is 259 g/mol. The molecule has 0 fully saturated rings. The molecule has 4 heteroatoms. The van der Waals surface area contributed by atoms with Gasteiger partial charge in [0.1, 0.15) is 5.69 Å². The first-order valence-corrected chi connectivity index (χ1v) is 6.62. The third-order valence-electron chi connectivity index (χ3n) is 3.46. The van der Waals surface area contributed by atoms with E-state index in [1.165, 1.54) is 5.56 Å². The van der Waals surface area contributed by atoms with Gasteiger partial charge in [-0.2, -0.15) is 0 Å². The van der Waals surface area contributed by atoms with Crippen LogP contribution in [0.1, 0.15) is 30.2 Å². The van der Waals surface area contributed by atoms with Crippen LogP contribution in [0.2, 0.25) is 0 Å². The third-order valence-corrected chi connectivity index (χ3v) is 3.46. The lowest BCUT2D eigenvalue weighted by molar-refractivity contribution is 0.522. The molecule has 0 bridgehead atoms. The van der Waals surface area contributed by atoms with Gasteiger partial charge in [0.25, 0.3) is 5.56 Å². The Morgan fingerprint density at radius 1 is 1.21 bits per heavy atom. The van der Waals surface area contributed by atoms with Gasteiger partial charge in [0.15, 0.2) is 0 Å². The van der Waals surface area contributed by atoms with E-state index >= 15 is 0 Å². The minimum Gasteiger partial charge on any atom is -0.393 e. The largest absolute Gasteiger partial charge is 0.393 e. The van der Waals surface area contributed by atoms with Gasteiger partial charge in [0.05, 0.1) is 11.4 Å². The van der Waals surface area contributed by atoms with Gasteiger partial charge >= 0.3 is 0 Å². The summed E-state index contributed by atoms with van der Waals surface area (Å²) in [6, 6.07) is 6.08. The number of nitrogens with zero attached hydrogens (tertiary/aromatic N) is 2. The molecule has 19 heavy (non-hydrogen) atoms. The Morgan fingerprint density at radius 3 is 2.47 bits per heavy atom. The van der Waals surface area contributed by atoms with Crippen molar-refractivity contribution in [1.29, 1.82) is 0 Å². The fourth-order valence-electron chi connectivity index (χ4n) is 2.43. The minimum absolute atomic E-state index is 0.127. The summed E-state index contributed by atoms with van der Waals surface area (Å²) in [4.78, 5) is 12.3. The zero-order valence-electron chi connectivity index (χ0n) is 12.0. The molecular formula is C15H21N3O. The zero-order chi connectivity index (χ0) is 14.2. The average Bonchev–Trinajstić information content (AvgIpc) is 2.56. The first kappa shape index (κ1) is 13.5. The highest BCUT2D eigenvalue weighted by molar-refractivity contribution is 5.48. The third kappa shape index (κ3) is 2.18. The van der Waals surface area contributed by atoms with E-state index in [0.717, 1.165) is 29.9 Å². The van der Waals surface area contributed by atoms with E-state index in [4.69, 9.17) is 5.73 Å². The predicted octanol–water partition coefficient (Wildman–Crippen LogP) is 2.56. The molecule has 2 aromatic rings. The second-order valence-electron chi connectivity index (χ2n) is 5.03. The van der Waals surface area contributed by atoms with E-state index in [1.54, 1.807) is 4.68 Å². The summed E-state index contributed by atoms with van der Waals surface area (Å²) in [6.45, 7) is 8.83. The van der Waals surface area contributed by atoms with E-state index in [1.807, 2.05) is 37.6 Å². The number of rotatable bonds is 3. The van der Waals surface area contributed by atoms with Gasteiger partial charge in [-0.3, -0.25) is 9.48 Å². The smallest absolute Gasteiger partial charge is 0.294 e. The molecule has 4 nitrogen and oxygen atoms in total. The van der Waals surface area contributed by atoms with Crippen LogP contribution < -0.4 is 11.3 Å². The number of aromatic nitrogens is 2.